The van der Waals surface area contributed by atoms with Crippen molar-refractivity contribution in [2.75, 3.05) is 0 Å². The third-order valence-electron chi connectivity index (χ3n) is 1.16. The highest BCUT2D eigenvalue weighted by molar-refractivity contribution is 5.54. The third kappa shape index (κ3) is 3.46. The molecule has 2 nitrogen and oxygen atoms in total. The second-order valence-corrected chi connectivity index (χ2v) is 1.95. The van der Waals surface area contributed by atoms with E-state index in [1.165, 1.54) is 0 Å². The van der Waals surface area contributed by atoms with E-state index >= 15 is 0 Å². The summed E-state index contributed by atoms with van der Waals surface area (Å²) in [5.41, 5.74) is 0.775. The van der Waals surface area contributed by atoms with Crippen molar-refractivity contribution in [3.8, 4) is 5.75 Å². The van der Waals surface area contributed by atoms with E-state index in [-0.39, 0.29) is 5.75 Å². The van der Waals surface area contributed by atoms with Gasteiger partial charge in [-0.25, -0.2) is 0 Å². The molecule has 12 heavy (non-hydrogen) atoms. The van der Waals surface area contributed by atoms with Crippen LogP contribution in [0.3, 0.4) is 0 Å². The Morgan fingerprint density at radius 3 is 2.00 bits per heavy atom. The Morgan fingerprint density at radius 2 is 1.67 bits per heavy atom. The van der Waals surface area contributed by atoms with Gasteiger partial charge in [0.05, 0.1) is 6.26 Å². The van der Waals surface area contributed by atoms with E-state index in [1.807, 2.05) is 12.1 Å². The number of phenols is 1. The topological polar surface area (TPSA) is 40.5 Å². The first-order valence-electron chi connectivity index (χ1n) is 3.41. The van der Waals surface area contributed by atoms with Crippen molar-refractivity contribution in [2.24, 2.45) is 0 Å². The molecule has 0 bridgehead atoms. The van der Waals surface area contributed by atoms with Crippen molar-refractivity contribution >= 4 is 6.08 Å². The average molecular weight is 164 g/mol. The van der Waals surface area contributed by atoms with E-state index < -0.39 is 0 Å². The Morgan fingerprint density at radius 1 is 1.17 bits per heavy atom. The van der Waals surface area contributed by atoms with Gasteiger partial charge in [0.25, 0.3) is 0 Å². The van der Waals surface area contributed by atoms with Gasteiger partial charge in [0.2, 0.25) is 0 Å². The summed E-state index contributed by atoms with van der Waals surface area (Å²) < 4.78 is 0. The Kier molecular flexibility index (Phi) is 5.18. The predicted molar refractivity (Wildman–Crippen MR) is 51.0 cm³/mol. The van der Waals surface area contributed by atoms with E-state index in [2.05, 4.69) is 13.2 Å². The molecule has 0 radical (unpaired) electrons. The Bertz CT molecular complexity index is 254. The van der Waals surface area contributed by atoms with Crippen LogP contribution in [0.25, 0.3) is 6.08 Å². The molecule has 0 unspecified atom stereocenters. The highest BCUT2D eigenvalue weighted by Crippen LogP contribution is 2.15. The first-order chi connectivity index (χ1) is 5.76. The van der Waals surface area contributed by atoms with Crippen LogP contribution in [-0.2, 0) is 0 Å². The predicted octanol–water partition coefficient (Wildman–Crippen LogP) is 2.72. The van der Waals surface area contributed by atoms with E-state index in [9.17, 15) is 0 Å². The smallest absolute Gasteiger partial charge is 0.122 e. The summed E-state index contributed by atoms with van der Waals surface area (Å²) in [7, 11) is 0. The molecular formula is C10H12O2. The van der Waals surface area contributed by atoms with Crippen LogP contribution in [0.2, 0.25) is 0 Å². The van der Waals surface area contributed by atoms with Crippen LogP contribution in [0.4, 0.5) is 0 Å². The quantitative estimate of drug-likeness (QED) is 0.626. The summed E-state index contributed by atoms with van der Waals surface area (Å²) in [5.74, 6) is 0.285. The summed E-state index contributed by atoms with van der Waals surface area (Å²) in [6, 6.07) is 7.08. The molecule has 1 rings (SSSR count). The van der Waals surface area contributed by atoms with Gasteiger partial charge in [-0.05, 0) is 6.07 Å². The van der Waals surface area contributed by atoms with E-state index in [4.69, 9.17) is 10.2 Å². The summed E-state index contributed by atoms with van der Waals surface area (Å²) in [6.45, 7) is 6.45. The van der Waals surface area contributed by atoms with Crippen molar-refractivity contribution < 1.29 is 10.2 Å². The Labute approximate surface area is 72.1 Å². The van der Waals surface area contributed by atoms with Crippen LogP contribution < -0.4 is 0 Å². The molecule has 2 N–H and O–H groups in total. The summed E-state index contributed by atoms with van der Waals surface area (Å²) >= 11 is 0. The van der Waals surface area contributed by atoms with E-state index in [0.29, 0.717) is 0 Å². The van der Waals surface area contributed by atoms with Gasteiger partial charge in [0.1, 0.15) is 5.75 Å². The van der Waals surface area contributed by atoms with Gasteiger partial charge in [-0.3, -0.25) is 0 Å². The van der Waals surface area contributed by atoms with Crippen LogP contribution >= 0.6 is 0 Å². The van der Waals surface area contributed by atoms with E-state index in [1.54, 1.807) is 18.2 Å². The molecule has 1 aromatic carbocycles. The molecule has 64 valence electrons. The van der Waals surface area contributed by atoms with Crippen LogP contribution in [-0.4, -0.2) is 10.2 Å². The lowest BCUT2D eigenvalue weighted by Crippen LogP contribution is -1.69. The molecule has 2 heteroatoms. The highest BCUT2D eigenvalue weighted by atomic mass is 16.3. The van der Waals surface area contributed by atoms with Crippen LogP contribution in [0.1, 0.15) is 5.56 Å². The van der Waals surface area contributed by atoms with Crippen molar-refractivity contribution in [3.63, 3.8) is 0 Å². The molecule has 0 spiro atoms. The largest absolute Gasteiger partial charge is 0.516 e. The monoisotopic (exact) mass is 164 g/mol. The molecule has 0 heterocycles. The van der Waals surface area contributed by atoms with Crippen molar-refractivity contribution in [1.29, 1.82) is 0 Å². The van der Waals surface area contributed by atoms with Crippen molar-refractivity contribution in [1.82, 2.24) is 0 Å². The van der Waals surface area contributed by atoms with Crippen molar-refractivity contribution in [2.45, 2.75) is 0 Å². The molecule has 0 aliphatic carbocycles. The maximum Gasteiger partial charge on any atom is 0.122 e. The van der Waals surface area contributed by atoms with Gasteiger partial charge in [-0.2, -0.15) is 0 Å². The number of hydrogen-bond acceptors (Lipinski definition) is 2. The molecule has 0 saturated heterocycles. The zero-order valence-corrected chi connectivity index (χ0v) is 6.77. The summed E-state index contributed by atoms with van der Waals surface area (Å²) in [5, 5.41) is 16.4. The summed E-state index contributed by atoms with van der Waals surface area (Å²) in [4.78, 5) is 0. The van der Waals surface area contributed by atoms with Crippen LogP contribution in [0.5, 0.6) is 5.75 Å². The minimum atomic E-state index is 0.285. The molecule has 0 aromatic heterocycles. The number of para-hydroxylation sites is 1. The molecule has 0 amide bonds. The maximum absolute atomic E-state index is 9.04. The molecule has 0 atom stereocenters. The van der Waals surface area contributed by atoms with Gasteiger partial charge >= 0.3 is 0 Å². The van der Waals surface area contributed by atoms with Crippen LogP contribution in [0, 0.1) is 0 Å². The minimum Gasteiger partial charge on any atom is -0.516 e. The number of aliphatic hydroxyl groups excluding tert-OH is 1. The third-order valence-corrected chi connectivity index (χ3v) is 1.16. The lowest BCUT2D eigenvalue weighted by Gasteiger charge is -1.93. The minimum absolute atomic E-state index is 0.285. The Hall–Kier alpha value is -1.70. The molecule has 0 fully saturated rings. The number of aromatic hydroxyl groups is 1. The van der Waals surface area contributed by atoms with Gasteiger partial charge < -0.3 is 10.2 Å². The average Bonchev–Trinajstić information content (AvgIpc) is 2.07. The zero-order chi connectivity index (χ0) is 9.40. The van der Waals surface area contributed by atoms with Gasteiger partial charge in [0.15, 0.2) is 0 Å². The number of benzene rings is 1. The molecule has 0 saturated carbocycles. The first kappa shape index (κ1) is 10.3. The second-order valence-electron chi connectivity index (χ2n) is 1.95. The number of rotatable bonds is 1. The standard InChI is InChI=1S/C8H8O.C2H4O/c1-2-7-5-3-4-6-8(7)9;1-2-3/h2-6,9H,1H2;2-3H,1H2. The maximum atomic E-state index is 9.04. The number of hydrogen-bond donors (Lipinski definition) is 2. The second kappa shape index (κ2) is 6.04. The number of aliphatic hydroxyl groups is 1. The van der Waals surface area contributed by atoms with Gasteiger partial charge in [0, 0.05) is 5.56 Å². The van der Waals surface area contributed by atoms with Gasteiger partial charge in [-0.15, -0.1) is 0 Å². The fourth-order valence-electron chi connectivity index (χ4n) is 0.660. The Balaban J connectivity index is 0.000000354. The van der Waals surface area contributed by atoms with Gasteiger partial charge in [-0.1, -0.05) is 37.4 Å². The molecule has 1 aromatic rings. The molecule has 0 aliphatic heterocycles. The lowest BCUT2D eigenvalue weighted by atomic mass is 10.2. The van der Waals surface area contributed by atoms with E-state index in [0.717, 1.165) is 11.8 Å². The first-order valence-corrected chi connectivity index (χ1v) is 3.41. The fourth-order valence-corrected chi connectivity index (χ4v) is 0.660. The molecule has 0 aliphatic rings. The van der Waals surface area contributed by atoms with Crippen molar-refractivity contribution in [3.05, 3.63) is 49.2 Å². The van der Waals surface area contributed by atoms with Crippen LogP contribution in [0.15, 0.2) is 43.7 Å². The molecular weight excluding hydrogens is 152 g/mol. The fraction of sp³-hybridized carbons (Fsp3) is 0. The normalized spacial score (nSPS) is 7.67. The SMILES string of the molecule is C=CO.C=Cc1ccccc1O. The summed E-state index contributed by atoms with van der Waals surface area (Å²) in [6.07, 6.45) is 2.37. The number of phenolic OH excluding ortho intramolecular Hbond substituents is 1. The zero-order valence-electron chi connectivity index (χ0n) is 6.77. The highest BCUT2D eigenvalue weighted by Gasteiger charge is 1.89. The lowest BCUT2D eigenvalue weighted by molar-refractivity contribution is 0.474.